The number of hydrogen-bond acceptors (Lipinski definition) is 7. The van der Waals surface area contributed by atoms with E-state index in [4.69, 9.17) is 0 Å². The number of aromatic nitrogens is 2. The van der Waals surface area contributed by atoms with Crippen molar-refractivity contribution in [3.05, 3.63) is 30.3 Å². The molecule has 0 bridgehead atoms. The first kappa shape index (κ1) is 19.7. The average molecular weight is 397 g/mol. The van der Waals surface area contributed by atoms with Crippen LogP contribution in [-0.4, -0.2) is 47.1 Å². The second-order valence-electron chi connectivity index (χ2n) is 5.05. The molecule has 0 saturated heterocycles. The lowest BCUT2D eigenvalue weighted by atomic mass is 10.3. The quantitative estimate of drug-likeness (QED) is 0.657. The molecule has 0 fully saturated rings. The smallest absolute Gasteiger partial charge is 0.237 e. The summed E-state index contributed by atoms with van der Waals surface area (Å²) >= 11 is 4.12. The van der Waals surface area contributed by atoms with Gasteiger partial charge < -0.3 is 10.2 Å². The van der Waals surface area contributed by atoms with Crippen LogP contribution in [-0.2, 0) is 9.59 Å². The van der Waals surface area contributed by atoms with Crippen LogP contribution in [0.2, 0.25) is 0 Å². The third-order valence-corrected chi connectivity index (χ3v) is 6.30. The Morgan fingerprint density at radius 3 is 2.40 bits per heavy atom. The van der Waals surface area contributed by atoms with Crippen LogP contribution in [0, 0.1) is 0 Å². The third-order valence-electron chi connectivity index (χ3n) is 3.12. The summed E-state index contributed by atoms with van der Waals surface area (Å²) in [5.41, 5.74) is 0.861. The number of carbonyl (C=O) groups excluding carboxylic acids is 2. The van der Waals surface area contributed by atoms with Gasteiger partial charge in [0.25, 0.3) is 0 Å². The molecule has 2 aromatic rings. The highest BCUT2D eigenvalue weighted by molar-refractivity contribution is 8.03. The van der Waals surface area contributed by atoms with Crippen LogP contribution in [0.15, 0.2) is 39.0 Å². The highest BCUT2D eigenvalue weighted by atomic mass is 32.2. The Labute approximate surface area is 159 Å². The maximum atomic E-state index is 12.2. The highest BCUT2D eigenvalue weighted by Gasteiger charge is 2.14. The van der Waals surface area contributed by atoms with Gasteiger partial charge >= 0.3 is 0 Å². The minimum atomic E-state index is -0.00378. The lowest BCUT2D eigenvalue weighted by molar-refractivity contribution is -0.118. The van der Waals surface area contributed by atoms with E-state index in [2.05, 4.69) is 15.5 Å². The van der Waals surface area contributed by atoms with Gasteiger partial charge in [-0.25, -0.2) is 0 Å². The van der Waals surface area contributed by atoms with Gasteiger partial charge in [0, 0.05) is 19.3 Å². The van der Waals surface area contributed by atoms with E-state index in [9.17, 15) is 9.59 Å². The van der Waals surface area contributed by atoms with Gasteiger partial charge in [-0.2, -0.15) is 0 Å². The Balaban J connectivity index is 1.77. The van der Waals surface area contributed by atoms with E-state index in [1.165, 1.54) is 34.9 Å². The molecule has 0 saturated carbocycles. The van der Waals surface area contributed by atoms with Crippen molar-refractivity contribution in [3.63, 3.8) is 0 Å². The molecule has 1 heterocycles. The van der Waals surface area contributed by atoms with Gasteiger partial charge in [-0.3, -0.25) is 9.59 Å². The summed E-state index contributed by atoms with van der Waals surface area (Å²) in [5.74, 6) is 0.617. The van der Waals surface area contributed by atoms with E-state index in [0.717, 1.165) is 20.8 Å². The van der Waals surface area contributed by atoms with E-state index in [1.54, 1.807) is 11.9 Å². The fraction of sp³-hybridized carbons (Fsp3) is 0.375. The molecule has 0 radical (unpaired) electrons. The summed E-state index contributed by atoms with van der Waals surface area (Å²) in [6.45, 7) is 2.70. The molecule has 0 spiro atoms. The first-order valence-electron chi connectivity index (χ1n) is 7.77. The molecular weight excluding hydrogens is 376 g/mol. The molecule has 0 aliphatic rings. The number of thioether (sulfide) groups is 2. The van der Waals surface area contributed by atoms with Crippen LogP contribution in [0.4, 0.5) is 5.69 Å². The molecule has 0 unspecified atom stereocenters. The zero-order valence-electron chi connectivity index (χ0n) is 14.1. The SMILES string of the molecule is CCCNC(=O)CSc1nnc(SCC(=O)N(C)c2ccccc2)s1. The number of amides is 2. The molecule has 0 aliphatic heterocycles. The number of para-hydroxylation sites is 1. The number of nitrogens with one attached hydrogen (secondary N) is 1. The molecule has 9 heteroatoms. The second-order valence-corrected chi connectivity index (χ2v) is 8.47. The van der Waals surface area contributed by atoms with Crippen molar-refractivity contribution in [1.82, 2.24) is 15.5 Å². The topological polar surface area (TPSA) is 75.2 Å². The van der Waals surface area contributed by atoms with Crippen molar-refractivity contribution in [3.8, 4) is 0 Å². The number of benzene rings is 1. The zero-order chi connectivity index (χ0) is 18.1. The minimum Gasteiger partial charge on any atom is -0.355 e. The molecule has 2 rings (SSSR count). The van der Waals surface area contributed by atoms with Gasteiger partial charge in [0.2, 0.25) is 11.8 Å². The highest BCUT2D eigenvalue weighted by Crippen LogP contribution is 2.29. The molecule has 6 nitrogen and oxygen atoms in total. The molecule has 25 heavy (non-hydrogen) atoms. The molecular formula is C16H20N4O2S3. The maximum Gasteiger partial charge on any atom is 0.237 e. The van der Waals surface area contributed by atoms with Crippen molar-refractivity contribution in [2.45, 2.75) is 22.0 Å². The summed E-state index contributed by atoms with van der Waals surface area (Å²) in [4.78, 5) is 25.4. The lowest BCUT2D eigenvalue weighted by Crippen LogP contribution is -2.27. The standard InChI is InChI=1S/C16H20N4O2S3/c1-3-9-17-13(21)10-23-15-18-19-16(25-15)24-11-14(22)20(2)12-7-5-4-6-8-12/h4-8H,3,9-11H2,1-2H3,(H,17,21). The Bertz CT molecular complexity index is 694. The van der Waals surface area contributed by atoms with Crippen LogP contribution in [0.5, 0.6) is 0 Å². The second kappa shape index (κ2) is 10.4. The van der Waals surface area contributed by atoms with Crippen molar-refractivity contribution >= 4 is 52.4 Å². The normalized spacial score (nSPS) is 10.5. The van der Waals surface area contributed by atoms with Gasteiger partial charge in [0.1, 0.15) is 0 Å². The molecule has 1 N–H and O–H groups in total. The third kappa shape index (κ3) is 6.68. The zero-order valence-corrected chi connectivity index (χ0v) is 16.5. The minimum absolute atomic E-state index is 0.000420. The van der Waals surface area contributed by atoms with Crippen molar-refractivity contribution < 1.29 is 9.59 Å². The fourth-order valence-corrected chi connectivity index (χ4v) is 4.54. The molecule has 134 valence electrons. The lowest BCUT2D eigenvalue weighted by Gasteiger charge is -2.16. The predicted octanol–water partition coefficient (Wildman–Crippen LogP) is 2.91. The molecule has 1 aromatic heterocycles. The summed E-state index contributed by atoms with van der Waals surface area (Å²) in [5, 5.41) is 10.9. The molecule has 2 amide bonds. The van der Waals surface area contributed by atoms with Crippen LogP contribution >= 0.6 is 34.9 Å². The summed E-state index contributed by atoms with van der Waals surface area (Å²) in [6.07, 6.45) is 0.918. The summed E-state index contributed by atoms with van der Waals surface area (Å²) in [7, 11) is 1.76. The Kier molecular flexibility index (Phi) is 8.23. The van der Waals surface area contributed by atoms with Crippen molar-refractivity contribution in [2.75, 3.05) is 30.0 Å². The van der Waals surface area contributed by atoms with Gasteiger partial charge in [-0.05, 0) is 18.6 Å². The van der Waals surface area contributed by atoms with Crippen LogP contribution in [0.1, 0.15) is 13.3 Å². The monoisotopic (exact) mass is 396 g/mol. The first-order valence-corrected chi connectivity index (χ1v) is 10.6. The first-order chi connectivity index (χ1) is 12.1. The molecule has 0 aliphatic carbocycles. The Morgan fingerprint density at radius 2 is 1.76 bits per heavy atom. The summed E-state index contributed by atoms with van der Waals surface area (Å²) in [6, 6.07) is 9.51. The van der Waals surface area contributed by atoms with Crippen molar-refractivity contribution in [2.24, 2.45) is 0 Å². The number of nitrogens with zero attached hydrogens (tertiary/aromatic N) is 3. The number of rotatable bonds is 9. The Morgan fingerprint density at radius 1 is 1.12 bits per heavy atom. The average Bonchev–Trinajstić information content (AvgIpc) is 3.10. The largest absolute Gasteiger partial charge is 0.355 e. The van der Waals surface area contributed by atoms with Gasteiger partial charge in [0.05, 0.1) is 11.5 Å². The number of hydrogen-bond donors (Lipinski definition) is 1. The van der Waals surface area contributed by atoms with Crippen LogP contribution in [0.25, 0.3) is 0 Å². The van der Waals surface area contributed by atoms with Crippen LogP contribution < -0.4 is 10.2 Å². The molecule has 1 aromatic carbocycles. The maximum absolute atomic E-state index is 12.2. The van der Waals surface area contributed by atoms with Gasteiger partial charge in [-0.1, -0.05) is 60.0 Å². The molecule has 0 atom stereocenters. The predicted molar refractivity (Wildman–Crippen MR) is 105 cm³/mol. The van der Waals surface area contributed by atoms with Gasteiger partial charge in [0.15, 0.2) is 8.68 Å². The van der Waals surface area contributed by atoms with E-state index in [1.807, 2.05) is 37.3 Å². The number of carbonyl (C=O) groups is 2. The van der Waals surface area contributed by atoms with E-state index < -0.39 is 0 Å². The number of anilines is 1. The van der Waals surface area contributed by atoms with E-state index >= 15 is 0 Å². The van der Waals surface area contributed by atoms with Gasteiger partial charge in [-0.15, -0.1) is 10.2 Å². The Hall–Kier alpha value is -1.58. The summed E-state index contributed by atoms with van der Waals surface area (Å²) < 4.78 is 1.46. The van der Waals surface area contributed by atoms with E-state index in [-0.39, 0.29) is 11.8 Å². The fourth-order valence-electron chi connectivity index (χ4n) is 1.77. The van der Waals surface area contributed by atoms with Crippen molar-refractivity contribution in [1.29, 1.82) is 0 Å². The van der Waals surface area contributed by atoms with Crippen LogP contribution in [0.3, 0.4) is 0 Å². The van der Waals surface area contributed by atoms with E-state index in [0.29, 0.717) is 18.1 Å².